The molecule has 4 rings (SSSR count). The fourth-order valence-corrected chi connectivity index (χ4v) is 4.39. The Hall–Kier alpha value is -3.99. The highest BCUT2D eigenvalue weighted by atomic mass is 32.2. The Kier molecular flexibility index (Phi) is 6.46. The van der Waals surface area contributed by atoms with Crippen LogP contribution in [0.5, 0.6) is 0 Å². The molecule has 3 aromatic heterocycles. The third kappa shape index (κ3) is 5.49. The minimum atomic E-state index is -3.80. The Bertz CT molecular complexity index is 1400. The van der Waals surface area contributed by atoms with Crippen LogP contribution < -0.4 is 15.4 Å². The zero-order valence-electron chi connectivity index (χ0n) is 19.3. The van der Waals surface area contributed by atoms with Crippen LogP contribution in [0.15, 0.2) is 66.2 Å². The normalized spacial score (nSPS) is 11.4. The third-order valence-corrected chi connectivity index (χ3v) is 6.18. The molecule has 0 aliphatic carbocycles. The predicted octanol–water partition coefficient (Wildman–Crippen LogP) is 4.32. The fourth-order valence-electron chi connectivity index (χ4n) is 3.32. The number of rotatable bonds is 8. The van der Waals surface area contributed by atoms with Crippen LogP contribution in [-0.4, -0.2) is 32.9 Å². The second-order valence-corrected chi connectivity index (χ2v) is 9.77. The lowest BCUT2D eigenvalue weighted by atomic mass is 10.2. The molecule has 0 fully saturated rings. The first-order chi connectivity index (χ1) is 16.2. The molecule has 0 unspecified atom stereocenters. The van der Waals surface area contributed by atoms with Gasteiger partial charge in [0.25, 0.3) is 10.0 Å². The zero-order chi connectivity index (χ0) is 24.3. The van der Waals surface area contributed by atoms with Crippen molar-refractivity contribution < 1.29 is 8.42 Å². The number of pyridine rings is 1. The predicted molar refractivity (Wildman–Crippen MR) is 132 cm³/mol. The molecule has 34 heavy (non-hydrogen) atoms. The molecule has 176 valence electrons. The van der Waals surface area contributed by atoms with Crippen molar-refractivity contribution in [1.29, 1.82) is 0 Å². The van der Waals surface area contributed by atoms with E-state index in [2.05, 4.69) is 35.3 Å². The fraction of sp³-hybridized carbons (Fsp3) is 0.217. The van der Waals surface area contributed by atoms with Crippen LogP contribution in [-0.2, 0) is 17.1 Å². The van der Waals surface area contributed by atoms with Gasteiger partial charge in [-0.2, -0.15) is 8.42 Å². The molecular formula is C23H26N8O2S. The summed E-state index contributed by atoms with van der Waals surface area (Å²) in [6.07, 6.45) is 4.69. The molecule has 0 radical (unpaired) electrons. The highest BCUT2D eigenvalue weighted by Gasteiger charge is 2.20. The molecule has 3 N–H and O–H groups in total. The quantitative estimate of drug-likeness (QED) is 0.342. The first-order valence-corrected chi connectivity index (χ1v) is 12.1. The van der Waals surface area contributed by atoms with Gasteiger partial charge in [0.1, 0.15) is 29.6 Å². The minimum Gasteiger partial charge on any atom is -0.340 e. The van der Waals surface area contributed by atoms with E-state index in [0.29, 0.717) is 29.0 Å². The summed E-state index contributed by atoms with van der Waals surface area (Å²) < 4.78 is 29.8. The van der Waals surface area contributed by atoms with E-state index >= 15 is 0 Å². The van der Waals surface area contributed by atoms with Gasteiger partial charge in [0.2, 0.25) is 0 Å². The lowest BCUT2D eigenvalue weighted by molar-refractivity contribution is 0.597. The van der Waals surface area contributed by atoms with Gasteiger partial charge in [-0.05, 0) is 48.9 Å². The molecule has 0 saturated heterocycles. The first-order valence-electron chi connectivity index (χ1n) is 10.6. The van der Waals surface area contributed by atoms with E-state index in [1.165, 1.54) is 12.5 Å². The summed E-state index contributed by atoms with van der Waals surface area (Å²) in [6, 6.07) is 12.4. The Balaban J connectivity index is 1.43. The smallest absolute Gasteiger partial charge is 0.280 e. The molecule has 10 nitrogen and oxygen atoms in total. The Morgan fingerprint density at radius 3 is 2.18 bits per heavy atom. The maximum absolute atomic E-state index is 12.7. The number of aromatic nitrogens is 5. The van der Waals surface area contributed by atoms with E-state index in [0.717, 1.165) is 11.3 Å². The average Bonchev–Trinajstić information content (AvgIpc) is 3.18. The van der Waals surface area contributed by atoms with Crippen molar-refractivity contribution in [2.75, 3.05) is 15.4 Å². The standard InChI is InChI=1S/C23H26N8O2S/c1-15(2)23-29-22(13-31(23)4)34(32,33)30-18-7-5-17(6-8-18)27-20-12-21(26-14-25-20)28-19-11-16(3)9-10-24-19/h5-15,30H,1-4H3,(H2,24,25,26,27,28). The monoisotopic (exact) mass is 478 g/mol. The maximum atomic E-state index is 12.7. The van der Waals surface area contributed by atoms with Crippen molar-refractivity contribution in [3.8, 4) is 0 Å². The summed E-state index contributed by atoms with van der Waals surface area (Å²) in [5, 5.41) is 6.32. The highest BCUT2D eigenvalue weighted by Crippen LogP contribution is 2.23. The van der Waals surface area contributed by atoms with E-state index in [-0.39, 0.29) is 10.9 Å². The third-order valence-electron chi connectivity index (χ3n) is 4.93. The van der Waals surface area contributed by atoms with Gasteiger partial charge in [-0.25, -0.2) is 19.9 Å². The topological polar surface area (TPSA) is 127 Å². The van der Waals surface area contributed by atoms with Crippen molar-refractivity contribution in [1.82, 2.24) is 24.5 Å². The van der Waals surface area contributed by atoms with E-state index < -0.39 is 10.0 Å². The van der Waals surface area contributed by atoms with Crippen LogP contribution in [0.25, 0.3) is 0 Å². The molecule has 4 aromatic rings. The Morgan fingerprint density at radius 2 is 1.53 bits per heavy atom. The Labute approximate surface area is 198 Å². The number of nitrogens with one attached hydrogen (secondary N) is 3. The minimum absolute atomic E-state index is 0.00924. The van der Waals surface area contributed by atoms with Gasteiger partial charge >= 0.3 is 0 Å². The number of benzene rings is 1. The molecule has 0 amide bonds. The number of imidazole rings is 1. The summed E-state index contributed by atoms with van der Waals surface area (Å²) >= 11 is 0. The number of nitrogens with zero attached hydrogens (tertiary/aromatic N) is 5. The summed E-state index contributed by atoms with van der Waals surface area (Å²) in [4.78, 5) is 17.0. The maximum Gasteiger partial charge on any atom is 0.280 e. The number of hydrogen-bond acceptors (Lipinski definition) is 8. The van der Waals surface area contributed by atoms with E-state index in [4.69, 9.17) is 0 Å². The van der Waals surface area contributed by atoms with Gasteiger partial charge in [-0.1, -0.05) is 13.8 Å². The SMILES string of the molecule is Cc1ccnc(Nc2cc(Nc3ccc(NS(=O)(=O)c4cn(C)c(C(C)C)n4)cc3)ncn2)c1. The molecule has 1 aromatic carbocycles. The summed E-state index contributed by atoms with van der Waals surface area (Å²) in [5.41, 5.74) is 2.25. The van der Waals surface area contributed by atoms with Crippen molar-refractivity contribution in [3.05, 3.63) is 72.6 Å². The van der Waals surface area contributed by atoms with Crippen molar-refractivity contribution in [3.63, 3.8) is 0 Å². The molecule has 0 saturated carbocycles. The largest absolute Gasteiger partial charge is 0.340 e. The van der Waals surface area contributed by atoms with Crippen molar-refractivity contribution in [2.45, 2.75) is 31.7 Å². The van der Waals surface area contributed by atoms with Gasteiger partial charge in [-0.3, -0.25) is 4.72 Å². The molecule has 0 spiro atoms. The summed E-state index contributed by atoms with van der Waals surface area (Å²) in [7, 11) is -2.01. The Morgan fingerprint density at radius 1 is 0.882 bits per heavy atom. The summed E-state index contributed by atoms with van der Waals surface area (Å²) in [5.74, 6) is 2.68. The van der Waals surface area contributed by atoms with Crippen molar-refractivity contribution in [2.24, 2.45) is 7.05 Å². The number of hydrogen-bond donors (Lipinski definition) is 3. The first kappa shape index (κ1) is 23.2. The van der Waals surface area contributed by atoms with Crippen LogP contribution >= 0.6 is 0 Å². The van der Waals surface area contributed by atoms with E-state index in [9.17, 15) is 8.42 Å². The summed E-state index contributed by atoms with van der Waals surface area (Å²) in [6.45, 7) is 5.92. The molecule has 0 atom stereocenters. The van der Waals surface area contributed by atoms with Gasteiger partial charge < -0.3 is 15.2 Å². The molecule has 0 aliphatic heterocycles. The second kappa shape index (κ2) is 9.48. The van der Waals surface area contributed by atoms with Gasteiger partial charge in [0.05, 0.1) is 0 Å². The number of sulfonamides is 1. The van der Waals surface area contributed by atoms with Crippen LogP contribution in [0, 0.1) is 6.92 Å². The number of aryl methyl sites for hydroxylation is 2. The number of anilines is 5. The second-order valence-electron chi connectivity index (χ2n) is 8.14. The molecular weight excluding hydrogens is 452 g/mol. The van der Waals surface area contributed by atoms with Crippen LogP contribution in [0.2, 0.25) is 0 Å². The highest BCUT2D eigenvalue weighted by molar-refractivity contribution is 7.92. The van der Waals surface area contributed by atoms with Crippen molar-refractivity contribution >= 4 is 38.9 Å². The van der Waals surface area contributed by atoms with Gasteiger partial charge in [-0.15, -0.1) is 0 Å². The molecule has 0 bridgehead atoms. The lowest BCUT2D eigenvalue weighted by Crippen LogP contribution is -2.13. The van der Waals surface area contributed by atoms with Gasteiger partial charge in [0, 0.05) is 42.8 Å². The van der Waals surface area contributed by atoms with Crippen LogP contribution in [0.3, 0.4) is 0 Å². The molecule has 0 aliphatic rings. The van der Waals surface area contributed by atoms with Crippen LogP contribution in [0.4, 0.5) is 28.8 Å². The van der Waals surface area contributed by atoms with E-state index in [1.54, 1.807) is 48.1 Å². The molecule has 3 heterocycles. The molecule has 11 heteroatoms. The van der Waals surface area contributed by atoms with Gasteiger partial charge in [0.15, 0.2) is 5.03 Å². The van der Waals surface area contributed by atoms with Crippen LogP contribution in [0.1, 0.15) is 31.2 Å². The van der Waals surface area contributed by atoms with E-state index in [1.807, 2.05) is 32.9 Å². The lowest BCUT2D eigenvalue weighted by Gasteiger charge is -2.10. The average molecular weight is 479 g/mol. The zero-order valence-corrected chi connectivity index (χ0v) is 20.1.